The molecule has 0 aromatic heterocycles. The molecule has 6 heteroatoms. The molecule has 2 heterocycles. The van der Waals surface area contributed by atoms with Gasteiger partial charge in [-0.1, -0.05) is 0 Å². The predicted octanol–water partition coefficient (Wildman–Crippen LogP) is 2.13. The van der Waals surface area contributed by atoms with Crippen molar-refractivity contribution in [1.82, 2.24) is 10.2 Å². The second-order valence-electron chi connectivity index (χ2n) is 7.81. The Morgan fingerprint density at radius 2 is 1.87 bits per heavy atom. The van der Waals surface area contributed by atoms with Crippen molar-refractivity contribution < 1.29 is 19.0 Å². The van der Waals surface area contributed by atoms with Crippen LogP contribution in [0.25, 0.3) is 0 Å². The van der Waals surface area contributed by atoms with Gasteiger partial charge in [-0.2, -0.15) is 0 Å². The Bertz CT molecular complexity index is 424. The third-order valence-corrected chi connectivity index (χ3v) is 5.08. The highest BCUT2D eigenvalue weighted by molar-refractivity contribution is 5.74. The molecule has 0 aromatic rings. The van der Waals surface area contributed by atoms with E-state index >= 15 is 0 Å². The molecule has 0 bridgehead atoms. The molecule has 2 saturated heterocycles. The van der Waals surface area contributed by atoms with Crippen LogP contribution in [0.4, 0.5) is 4.79 Å². The third kappa shape index (κ3) is 4.17. The van der Waals surface area contributed by atoms with Crippen molar-refractivity contribution in [1.29, 1.82) is 0 Å². The van der Waals surface area contributed by atoms with Gasteiger partial charge in [-0.15, -0.1) is 0 Å². The Hall–Kier alpha value is -0.850. The van der Waals surface area contributed by atoms with Crippen molar-refractivity contribution in [3.05, 3.63) is 0 Å². The molecule has 0 unspecified atom stereocenters. The van der Waals surface area contributed by atoms with E-state index in [1.807, 2.05) is 25.7 Å². The molecule has 3 aliphatic rings. The zero-order chi connectivity index (χ0) is 16.5. The Balaban J connectivity index is 1.43. The third-order valence-electron chi connectivity index (χ3n) is 5.08. The number of rotatable bonds is 2. The molecule has 23 heavy (non-hydrogen) atoms. The van der Waals surface area contributed by atoms with E-state index in [-0.39, 0.29) is 23.5 Å². The summed E-state index contributed by atoms with van der Waals surface area (Å²) in [6, 6.07) is 0.0295. The first-order chi connectivity index (χ1) is 10.9. The summed E-state index contributed by atoms with van der Waals surface area (Å²) in [6.45, 7) is 9.54. The van der Waals surface area contributed by atoms with Gasteiger partial charge in [0.25, 0.3) is 0 Å². The van der Waals surface area contributed by atoms with E-state index in [1.165, 1.54) is 0 Å². The first kappa shape index (κ1) is 17.0. The molecule has 1 aliphatic carbocycles. The van der Waals surface area contributed by atoms with Gasteiger partial charge in [0.2, 0.25) is 0 Å². The van der Waals surface area contributed by atoms with Gasteiger partial charge in [0.15, 0.2) is 5.79 Å². The van der Waals surface area contributed by atoms with Gasteiger partial charge >= 0.3 is 6.03 Å². The second kappa shape index (κ2) is 6.57. The minimum Gasteiger partial charge on any atom is -0.369 e. The number of nitrogens with one attached hydrogen (secondary N) is 1. The fourth-order valence-electron chi connectivity index (χ4n) is 4.06. The molecule has 1 saturated carbocycles. The Morgan fingerprint density at radius 1 is 1.22 bits per heavy atom. The maximum absolute atomic E-state index is 12.4. The van der Waals surface area contributed by atoms with Crippen molar-refractivity contribution in [2.75, 3.05) is 32.8 Å². The number of nitrogens with zero attached hydrogens (tertiary/aromatic N) is 1. The molecule has 3 fully saturated rings. The zero-order valence-corrected chi connectivity index (χ0v) is 14.6. The molecule has 2 aliphatic heterocycles. The summed E-state index contributed by atoms with van der Waals surface area (Å²) in [7, 11) is 0. The highest BCUT2D eigenvalue weighted by atomic mass is 16.7. The first-order valence-electron chi connectivity index (χ1n) is 8.86. The molecule has 1 atom stereocenters. The van der Waals surface area contributed by atoms with Crippen LogP contribution in [0.2, 0.25) is 0 Å². The van der Waals surface area contributed by atoms with Crippen LogP contribution in [0.5, 0.6) is 0 Å². The lowest BCUT2D eigenvalue weighted by Crippen LogP contribution is -2.56. The number of hydrogen-bond acceptors (Lipinski definition) is 4. The van der Waals surface area contributed by atoms with Crippen LogP contribution in [-0.4, -0.2) is 61.3 Å². The van der Waals surface area contributed by atoms with Crippen molar-refractivity contribution in [3.63, 3.8) is 0 Å². The molecule has 3 rings (SSSR count). The monoisotopic (exact) mass is 326 g/mol. The molecule has 1 spiro atoms. The zero-order valence-electron chi connectivity index (χ0n) is 14.6. The van der Waals surface area contributed by atoms with E-state index in [2.05, 4.69) is 5.32 Å². The molecular formula is C17H30N2O4. The van der Waals surface area contributed by atoms with Crippen LogP contribution in [0.15, 0.2) is 0 Å². The van der Waals surface area contributed by atoms with Crippen LogP contribution in [0, 0.1) is 5.92 Å². The van der Waals surface area contributed by atoms with E-state index in [9.17, 15) is 4.79 Å². The van der Waals surface area contributed by atoms with Crippen molar-refractivity contribution >= 4 is 6.03 Å². The van der Waals surface area contributed by atoms with Gasteiger partial charge < -0.3 is 24.4 Å². The Labute approximate surface area is 138 Å². The normalized spacial score (nSPS) is 30.6. The minimum absolute atomic E-state index is 0.0295. The van der Waals surface area contributed by atoms with Crippen LogP contribution in [0.3, 0.4) is 0 Å². The maximum atomic E-state index is 12.4. The lowest BCUT2D eigenvalue weighted by Gasteiger charge is -2.42. The van der Waals surface area contributed by atoms with Crippen LogP contribution < -0.4 is 5.32 Å². The van der Waals surface area contributed by atoms with Gasteiger partial charge in [-0.25, -0.2) is 4.79 Å². The highest BCUT2D eigenvalue weighted by Gasteiger charge is 2.40. The smallest absolute Gasteiger partial charge is 0.317 e. The average molecular weight is 326 g/mol. The van der Waals surface area contributed by atoms with Crippen LogP contribution in [-0.2, 0) is 14.2 Å². The summed E-state index contributed by atoms with van der Waals surface area (Å²) in [6.07, 6.45) is 4.05. The number of carbonyl (C=O) groups excluding carboxylic acids is 1. The summed E-state index contributed by atoms with van der Waals surface area (Å²) in [5.41, 5.74) is -0.274. The quantitative estimate of drug-likeness (QED) is 0.844. The number of amides is 2. The topological polar surface area (TPSA) is 60.0 Å². The second-order valence-corrected chi connectivity index (χ2v) is 7.81. The molecular weight excluding hydrogens is 296 g/mol. The summed E-state index contributed by atoms with van der Waals surface area (Å²) < 4.78 is 17.4. The van der Waals surface area contributed by atoms with Crippen LogP contribution >= 0.6 is 0 Å². The van der Waals surface area contributed by atoms with Gasteiger partial charge in [0.1, 0.15) is 0 Å². The van der Waals surface area contributed by atoms with Gasteiger partial charge in [-0.05, 0) is 39.5 Å². The lowest BCUT2D eigenvalue weighted by molar-refractivity contribution is -0.182. The number of urea groups is 1. The Kier molecular flexibility index (Phi) is 4.85. The molecule has 6 nitrogen and oxygen atoms in total. The molecule has 2 amide bonds. The molecule has 1 N–H and O–H groups in total. The summed E-state index contributed by atoms with van der Waals surface area (Å²) in [5.74, 6) is 0.202. The van der Waals surface area contributed by atoms with E-state index in [0.29, 0.717) is 32.2 Å². The minimum atomic E-state index is -0.315. The fourth-order valence-corrected chi connectivity index (χ4v) is 4.06. The first-order valence-corrected chi connectivity index (χ1v) is 8.86. The standard InChI is InChI=1S/C17H30N2O4/c1-13-11-19(12-16(2,3)23-13)15(20)18-10-14-4-6-17(7-5-14)21-8-9-22-17/h13-14H,4-12H2,1-3H3,(H,18,20)/t13-/m1/s1. The van der Waals surface area contributed by atoms with Gasteiger partial charge in [0.05, 0.1) is 31.5 Å². The lowest BCUT2D eigenvalue weighted by atomic mass is 9.85. The number of carbonyl (C=O) groups is 1. The van der Waals surface area contributed by atoms with E-state index < -0.39 is 0 Å². The van der Waals surface area contributed by atoms with Crippen LogP contribution in [0.1, 0.15) is 46.5 Å². The summed E-state index contributed by atoms with van der Waals surface area (Å²) in [4.78, 5) is 14.3. The SMILES string of the molecule is C[C@@H]1CN(C(=O)NCC2CCC3(CC2)OCCO3)CC(C)(C)O1. The number of morpholine rings is 1. The summed E-state index contributed by atoms with van der Waals surface area (Å²) in [5, 5.41) is 3.11. The Morgan fingerprint density at radius 3 is 2.48 bits per heavy atom. The number of hydrogen-bond donors (Lipinski definition) is 1. The van der Waals surface area contributed by atoms with E-state index in [0.717, 1.165) is 32.2 Å². The van der Waals surface area contributed by atoms with E-state index in [1.54, 1.807) is 0 Å². The summed E-state index contributed by atoms with van der Waals surface area (Å²) >= 11 is 0. The van der Waals surface area contributed by atoms with Gasteiger partial charge in [-0.3, -0.25) is 0 Å². The van der Waals surface area contributed by atoms with Gasteiger partial charge in [0, 0.05) is 25.9 Å². The predicted molar refractivity (Wildman–Crippen MR) is 86.2 cm³/mol. The maximum Gasteiger partial charge on any atom is 0.317 e. The molecule has 0 aromatic carbocycles. The number of ether oxygens (including phenoxy) is 3. The average Bonchev–Trinajstić information content (AvgIpc) is 2.93. The highest BCUT2D eigenvalue weighted by Crippen LogP contribution is 2.38. The van der Waals surface area contributed by atoms with Crippen molar-refractivity contribution in [2.24, 2.45) is 5.92 Å². The molecule has 132 valence electrons. The van der Waals surface area contributed by atoms with Crippen molar-refractivity contribution in [3.8, 4) is 0 Å². The van der Waals surface area contributed by atoms with Crippen molar-refractivity contribution in [2.45, 2.75) is 63.9 Å². The fraction of sp³-hybridized carbons (Fsp3) is 0.941. The molecule has 0 radical (unpaired) electrons. The van der Waals surface area contributed by atoms with E-state index in [4.69, 9.17) is 14.2 Å². The largest absolute Gasteiger partial charge is 0.369 e.